The number of aldehydes is 1. The van der Waals surface area contributed by atoms with Gasteiger partial charge in [-0.15, -0.1) is 0 Å². The lowest BCUT2D eigenvalue weighted by Crippen LogP contribution is -2.51. The third-order valence-corrected chi connectivity index (χ3v) is 5.18. The molecule has 1 saturated heterocycles. The first kappa shape index (κ1) is 22.6. The zero-order valence-electron chi connectivity index (χ0n) is 15.2. The summed E-state index contributed by atoms with van der Waals surface area (Å²) in [5, 5.41) is 13.8. The van der Waals surface area contributed by atoms with Crippen LogP contribution in [-0.4, -0.2) is 65.2 Å². The summed E-state index contributed by atoms with van der Waals surface area (Å²) < 4.78 is 0. The molecule has 1 aliphatic rings. The van der Waals surface area contributed by atoms with E-state index in [0.29, 0.717) is 25.7 Å². The highest BCUT2D eigenvalue weighted by molar-refractivity contribution is 6.43. The Morgan fingerprint density at radius 3 is 2.66 bits per heavy atom. The van der Waals surface area contributed by atoms with Crippen molar-refractivity contribution in [2.24, 2.45) is 0 Å². The van der Waals surface area contributed by atoms with Gasteiger partial charge in [0.25, 0.3) is 5.91 Å². The Balaban J connectivity index is 1.96. The van der Waals surface area contributed by atoms with Crippen molar-refractivity contribution in [2.75, 3.05) is 13.1 Å². The molecule has 29 heavy (non-hydrogen) atoms. The molecular weight excluding hydrogens is 425 g/mol. The molecule has 3 amide bonds. The van der Waals surface area contributed by atoms with Crippen molar-refractivity contribution in [3.8, 4) is 0 Å². The van der Waals surface area contributed by atoms with Crippen molar-refractivity contribution in [1.29, 1.82) is 0 Å². The lowest BCUT2D eigenvalue weighted by Gasteiger charge is -2.25. The van der Waals surface area contributed by atoms with Crippen LogP contribution in [-0.2, 0) is 19.2 Å². The summed E-state index contributed by atoms with van der Waals surface area (Å²) in [5.41, 5.74) is 0.116. The van der Waals surface area contributed by atoms with Gasteiger partial charge in [-0.2, -0.15) is 0 Å². The van der Waals surface area contributed by atoms with Gasteiger partial charge < -0.3 is 25.4 Å². The fraction of sp³-hybridized carbons (Fsp3) is 0.389. The molecule has 9 nitrogen and oxygen atoms in total. The molecule has 156 valence electrons. The zero-order valence-corrected chi connectivity index (χ0v) is 16.7. The molecule has 2 rings (SSSR count). The second kappa shape index (κ2) is 10.2. The van der Waals surface area contributed by atoms with Crippen LogP contribution in [0.5, 0.6) is 0 Å². The van der Waals surface area contributed by atoms with E-state index in [2.05, 4.69) is 10.6 Å². The van der Waals surface area contributed by atoms with Gasteiger partial charge in [-0.25, -0.2) is 0 Å². The number of amides is 3. The fourth-order valence-corrected chi connectivity index (χ4v) is 3.36. The summed E-state index contributed by atoms with van der Waals surface area (Å²) in [6, 6.07) is 2.51. The van der Waals surface area contributed by atoms with Crippen LogP contribution >= 0.6 is 23.2 Å². The highest BCUT2D eigenvalue weighted by atomic mass is 35.5. The number of rotatable bonds is 8. The lowest BCUT2D eigenvalue weighted by molar-refractivity contribution is -0.140. The number of hydrogen-bond acceptors (Lipinski definition) is 5. The number of aliphatic carboxylic acids is 1. The maximum absolute atomic E-state index is 12.5. The molecule has 0 radical (unpaired) electrons. The molecule has 0 aromatic heterocycles. The van der Waals surface area contributed by atoms with E-state index in [0.717, 1.165) is 0 Å². The number of benzene rings is 1. The van der Waals surface area contributed by atoms with Crippen LogP contribution in [0.3, 0.4) is 0 Å². The zero-order chi connectivity index (χ0) is 21.6. The van der Waals surface area contributed by atoms with E-state index in [1.165, 1.54) is 17.0 Å². The molecule has 1 fully saturated rings. The number of hydrogen-bond donors (Lipinski definition) is 3. The summed E-state index contributed by atoms with van der Waals surface area (Å²) in [4.78, 5) is 60.1. The number of carboxylic acid groups (broad SMARTS) is 1. The van der Waals surface area contributed by atoms with E-state index in [1.807, 2.05) is 0 Å². The fourth-order valence-electron chi connectivity index (χ4n) is 2.97. The van der Waals surface area contributed by atoms with Crippen LogP contribution in [0.4, 0.5) is 0 Å². The molecule has 2 atom stereocenters. The first-order chi connectivity index (χ1) is 13.7. The molecule has 0 spiro atoms. The molecule has 1 aliphatic heterocycles. The highest BCUT2D eigenvalue weighted by Crippen LogP contribution is 2.25. The van der Waals surface area contributed by atoms with Gasteiger partial charge in [-0.3, -0.25) is 19.2 Å². The monoisotopic (exact) mass is 443 g/mol. The maximum Gasteiger partial charge on any atom is 0.305 e. The largest absolute Gasteiger partial charge is 0.481 e. The Bertz CT molecular complexity index is 832. The average molecular weight is 444 g/mol. The van der Waals surface area contributed by atoms with Crippen LogP contribution in [0.2, 0.25) is 10.0 Å². The number of likely N-dealkylation sites (tertiary alicyclic amines) is 1. The Hall–Kier alpha value is -2.65. The van der Waals surface area contributed by atoms with Crippen molar-refractivity contribution in [1.82, 2.24) is 15.5 Å². The number of halogens is 2. The minimum Gasteiger partial charge on any atom is -0.481 e. The Labute approximate surface area is 176 Å². The van der Waals surface area contributed by atoms with Crippen molar-refractivity contribution in [3.05, 3.63) is 33.8 Å². The second-order valence-electron chi connectivity index (χ2n) is 6.38. The van der Waals surface area contributed by atoms with Gasteiger partial charge in [0.05, 0.1) is 34.6 Å². The predicted octanol–water partition coefficient (Wildman–Crippen LogP) is 0.873. The van der Waals surface area contributed by atoms with Crippen LogP contribution in [0.15, 0.2) is 18.2 Å². The van der Waals surface area contributed by atoms with E-state index in [1.54, 1.807) is 6.07 Å². The van der Waals surface area contributed by atoms with Gasteiger partial charge in [0.1, 0.15) is 12.3 Å². The first-order valence-corrected chi connectivity index (χ1v) is 9.49. The van der Waals surface area contributed by atoms with Crippen LogP contribution in [0, 0.1) is 0 Å². The average Bonchev–Trinajstić information content (AvgIpc) is 3.17. The molecule has 11 heteroatoms. The minimum absolute atomic E-state index is 0.0656. The van der Waals surface area contributed by atoms with Crippen molar-refractivity contribution in [2.45, 2.75) is 31.3 Å². The van der Waals surface area contributed by atoms with E-state index in [-0.39, 0.29) is 22.2 Å². The number of nitrogens with one attached hydrogen (secondary N) is 2. The number of carbonyl (C=O) groups is 5. The van der Waals surface area contributed by atoms with Crippen molar-refractivity contribution < 1.29 is 29.1 Å². The molecule has 1 aromatic carbocycles. The van der Waals surface area contributed by atoms with Crippen LogP contribution in [0.1, 0.15) is 29.6 Å². The van der Waals surface area contributed by atoms with E-state index in [4.69, 9.17) is 28.3 Å². The molecular formula is C18H19Cl2N3O6. The predicted molar refractivity (Wildman–Crippen MR) is 104 cm³/mol. The van der Waals surface area contributed by atoms with Gasteiger partial charge in [-0.1, -0.05) is 29.3 Å². The maximum atomic E-state index is 12.5. The van der Waals surface area contributed by atoms with E-state index < -0.39 is 42.2 Å². The minimum atomic E-state index is -1.23. The smallest absolute Gasteiger partial charge is 0.305 e. The number of nitrogens with zero attached hydrogens (tertiary/aromatic N) is 1. The SMILES string of the molecule is O=C[C@H](CC(=O)O)NC(=O)[C@@H]1CCCN1C(=O)CNC(=O)c1cccc(Cl)c1Cl. The van der Waals surface area contributed by atoms with Gasteiger partial charge >= 0.3 is 5.97 Å². The molecule has 1 aromatic rings. The molecule has 0 unspecified atom stereocenters. The molecule has 0 saturated carbocycles. The first-order valence-electron chi connectivity index (χ1n) is 8.73. The Morgan fingerprint density at radius 1 is 1.28 bits per heavy atom. The number of carboxylic acids is 1. The Kier molecular flexibility index (Phi) is 7.98. The second-order valence-corrected chi connectivity index (χ2v) is 7.16. The van der Waals surface area contributed by atoms with Crippen LogP contribution in [0.25, 0.3) is 0 Å². The summed E-state index contributed by atoms with van der Waals surface area (Å²) >= 11 is 11.9. The highest BCUT2D eigenvalue weighted by Gasteiger charge is 2.35. The summed E-state index contributed by atoms with van der Waals surface area (Å²) in [6.07, 6.45) is 0.710. The van der Waals surface area contributed by atoms with E-state index >= 15 is 0 Å². The quantitative estimate of drug-likeness (QED) is 0.510. The van der Waals surface area contributed by atoms with Gasteiger partial charge in [0.2, 0.25) is 11.8 Å². The summed E-state index contributed by atoms with van der Waals surface area (Å²) in [7, 11) is 0. The standard InChI is InChI=1S/C18H19Cl2N3O6/c19-12-4-1-3-11(16(12)20)17(28)21-8-14(25)23-6-2-5-13(23)18(29)22-10(9-24)7-15(26)27/h1,3-4,9-10,13H,2,5-8H2,(H,21,28)(H,22,29)(H,26,27)/t10-,13-/m0/s1. The topological polar surface area (TPSA) is 133 Å². The lowest BCUT2D eigenvalue weighted by atomic mass is 10.1. The van der Waals surface area contributed by atoms with Crippen LogP contribution < -0.4 is 10.6 Å². The summed E-state index contributed by atoms with van der Waals surface area (Å²) in [5.74, 6) is -2.92. The molecule has 0 aliphatic carbocycles. The third-order valence-electron chi connectivity index (χ3n) is 4.36. The summed E-state index contributed by atoms with van der Waals surface area (Å²) in [6.45, 7) is -0.0624. The Morgan fingerprint density at radius 2 is 2.00 bits per heavy atom. The molecule has 1 heterocycles. The molecule has 3 N–H and O–H groups in total. The third kappa shape index (κ3) is 5.91. The van der Waals surface area contributed by atoms with Crippen molar-refractivity contribution in [3.63, 3.8) is 0 Å². The van der Waals surface area contributed by atoms with Gasteiger partial charge in [0, 0.05) is 6.54 Å². The van der Waals surface area contributed by atoms with Gasteiger partial charge in [-0.05, 0) is 25.0 Å². The number of carbonyl (C=O) groups excluding carboxylic acids is 4. The molecule has 0 bridgehead atoms. The van der Waals surface area contributed by atoms with Gasteiger partial charge in [0.15, 0.2) is 0 Å². The van der Waals surface area contributed by atoms with Crippen molar-refractivity contribution >= 4 is 53.2 Å². The normalized spacial score (nSPS) is 16.8. The van der Waals surface area contributed by atoms with E-state index in [9.17, 15) is 24.0 Å².